The highest BCUT2D eigenvalue weighted by molar-refractivity contribution is 7.90. The average molecular weight is 381 g/mol. The molecule has 0 saturated carbocycles. The Morgan fingerprint density at radius 3 is 2.58 bits per heavy atom. The molecule has 1 saturated heterocycles. The molecule has 0 aromatic heterocycles. The average Bonchev–Trinajstić information content (AvgIpc) is 2.53. The monoisotopic (exact) mass is 381 g/mol. The van der Waals surface area contributed by atoms with Gasteiger partial charge in [0.1, 0.15) is 16.0 Å². The van der Waals surface area contributed by atoms with E-state index in [9.17, 15) is 9.35 Å². The van der Waals surface area contributed by atoms with Gasteiger partial charge < -0.3 is 19.8 Å². The molecule has 26 heavy (non-hydrogen) atoms. The molecular formula is C18H27N3O4S. The van der Waals surface area contributed by atoms with E-state index in [2.05, 4.69) is 10.5 Å². The van der Waals surface area contributed by atoms with Crippen LogP contribution in [-0.2, 0) is 26.4 Å². The minimum Gasteiger partial charge on any atom is -0.597 e. The van der Waals surface area contributed by atoms with Crippen molar-refractivity contribution in [2.24, 2.45) is 5.16 Å². The van der Waals surface area contributed by atoms with E-state index in [1.54, 1.807) is 13.0 Å². The Morgan fingerprint density at radius 1 is 1.46 bits per heavy atom. The zero-order valence-corrected chi connectivity index (χ0v) is 16.7. The van der Waals surface area contributed by atoms with Gasteiger partial charge >= 0.3 is 0 Å². The fraction of sp³-hybridized carbons (Fsp3) is 0.556. The molecule has 7 nitrogen and oxygen atoms in total. The lowest BCUT2D eigenvalue weighted by Crippen LogP contribution is -2.62. The molecule has 8 heteroatoms. The lowest BCUT2D eigenvalue weighted by atomic mass is 9.88. The lowest BCUT2D eigenvalue weighted by molar-refractivity contribution is -0.111. The highest BCUT2D eigenvalue weighted by Gasteiger charge is 2.52. The van der Waals surface area contributed by atoms with Gasteiger partial charge in [-0.3, -0.25) is 4.79 Å². The summed E-state index contributed by atoms with van der Waals surface area (Å²) in [5.74, 6) is -0.447. The van der Waals surface area contributed by atoms with Gasteiger partial charge in [0, 0.05) is 24.1 Å². The molecule has 1 heterocycles. The largest absolute Gasteiger partial charge is 0.597 e. The number of amides is 1. The molecule has 1 aromatic rings. The number of likely N-dealkylation sites (N-methyl/N-ethyl adjacent to an activating group) is 1. The van der Waals surface area contributed by atoms with Crippen LogP contribution in [0.2, 0.25) is 0 Å². The predicted molar refractivity (Wildman–Crippen MR) is 103 cm³/mol. The fourth-order valence-electron chi connectivity index (χ4n) is 2.76. The van der Waals surface area contributed by atoms with E-state index in [-0.39, 0.29) is 5.71 Å². The normalized spacial score (nSPS) is 18.3. The summed E-state index contributed by atoms with van der Waals surface area (Å²) < 4.78 is 19.8. The summed E-state index contributed by atoms with van der Waals surface area (Å²) in [5, 5.41) is 14.6. The third-order valence-electron chi connectivity index (χ3n) is 4.43. The summed E-state index contributed by atoms with van der Waals surface area (Å²) in [6.45, 7) is 8.41. The number of carbonyl (C=O) groups is 1. The standard InChI is InChI=1S/C18H27N3O4S/c1-6-15(20-23)16(22)19-14-9-7-8-13(10-14)18(11-25-12-18)21(5)26(24)17(2,3)4/h7-10,23H,6,11-12H2,1-5H3,(H,19,22)/b20-15-. The van der Waals surface area contributed by atoms with Gasteiger partial charge in [0.2, 0.25) is 0 Å². The molecule has 1 fully saturated rings. The predicted octanol–water partition coefficient (Wildman–Crippen LogP) is 2.48. The smallest absolute Gasteiger partial charge is 0.273 e. The zero-order chi connectivity index (χ0) is 19.5. The molecule has 0 spiro atoms. The second-order valence-electron chi connectivity index (χ2n) is 7.32. The third-order valence-corrected chi connectivity index (χ3v) is 6.33. The van der Waals surface area contributed by atoms with Crippen molar-refractivity contribution < 1.29 is 19.3 Å². The van der Waals surface area contributed by atoms with Crippen molar-refractivity contribution in [3.63, 3.8) is 0 Å². The summed E-state index contributed by atoms with van der Waals surface area (Å²) in [4.78, 5) is 12.1. The number of hydrogen-bond donors (Lipinski definition) is 2. The van der Waals surface area contributed by atoms with Gasteiger partial charge in [-0.2, -0.15) is 0 Å². The van der Waals surface area contributed by atoms with E-state index >= 15 is 0 Å². The van der Waals surface area contributed by atoms with Gasteiger partial charge in [0.25, 0.3) is 5.91 Å². The molecule has 1 amide bonds. The molecule has 2 rings (SSSR count). The van der Waals surface area contributed by atoms with Crippen LogP contribution in [0.3, 0.4) is 0 Å². The highest BCUT2D eigenvalue weighted by atomic mass is 32.2. The Bertz CT molecular complexity index is 683. The number of nitrogens with one attached hydrogen (secondary N) is 1. The number of nitrogens with zero attached hydrogens (tertiary/aromatic N) is 2. The minimum atomic E-state index is -1.21. The van der Waals surface area contributed by atoms with Crippen molar-refractivity contribution in [3.05, 3.63) is 29.8 Å². The zero-order valence-electron chi connectivity index (χ0n) is 15.9. The molecular weight excluding hydrogens is 354 g/mol. The second kappa shape index (κ2) is 7.96. The van der Waals surface area contributed by atoms with E-state index in [4.69, 9.17) is 9.94 Å². The van der Waals surface area contributed by atoms with Crippen LogP contribution >= 0.6 is 0 Å². The van der Waals surface area contributed by atoms with Crippen LogP contribution in [0.25, 0.3) is 0 Å². The molecule has 1 aliphatic heterocycles. The van der Waals surface area contributed by atoms with Crippen molar-refractivity contribution in [3.8, 4) is 0 Å². The van der Waals surface area contributed by atoms with Gasteiger partial charge in [-0.05, 0) is 44.9 Å². The number of benzene rings is 1. The number of hydrogen-bond acceptors (Lipinski definition) is 6. The highest BCUT2D eigenvalue weighted by Crippen LogP contribution is 2.40. The van der Waals surface area contributed by atoms with Crippen LogP contribution in [0.15, 0.2) is 29.4 Å². The summed E-state index contributed by atoms with van der Waals surface area (Å²) in [6.07, 6.45) is 0.326. The molecule has 144 valence electrons. The SMILES string of the molecule is CC/C(=N/O)C(=O)Nc1cccc(C2(N(C)[S+]([O-])C(C)(C)C)COC2)c1. The number of oxime groups is 1. The quantitative estimate of drug-likeness (QED) is 0.341. The molecule has 0 aliphatic carbocycles. The summed E-state index contributed by atoms with van der Waals surface area (Å²) in [6, 6.07) is 7.39. The van der Waals surface area contributed by atoms with E-state index < -0.39 is 27.6 Å². The first-order chi connectivity index (χ1) is 12.2. The Kier molecular flexibility index (Phi) is 6.33. The Balaban J connectivity index is 2.28. The van der Waals surface area contributed by atoms with E-state index in [0.29, 0.717) is 25.3 Å². The molecule has 0 bridgehead atoms. The van der Waals surface area contributed by atoms with Crippen LogP contribution in [0, 0.1) is 0 Å². The Hall–Kier alpha value is -1.61. The number of anilines is 1. The van der Waals surface area contributed by atoms with E-state index in [1.807, 2.05) is 50.3 Å². The van der Waals surface area contributed by atoms with Crippen LogP contribution in [0.4, 0.5) is 5.69 Å². The van der Waals surface area contributed by atoms with Crippen molar-refractivity contribution in [1.82, 2.24) is 4.31 Å². The van der Waals surface area contributed by atoms with Gasteiger partial charge in [0.15, 0.2) is 0 Å². The van der Waals surface area contributed by atoms with Crippen molar-refractivity contribution >= 4 is 28.7 Å². The topological polar surface area (TPSA) is 97.2 Å². The maximum absolute atomic E-state index is 12.9. The van der Waals surface area contributed by atoms with E-state index in [1.165, 1.54) is 0 Å². The molecule has 0 radical (unpaired) electrons. The number of rotatable bonds is 6. The maximum Gasteiger partial charge on any atom is 0.273 e. The first-order valence-corrected chi connectivity index (χ1v) is 9.63. The van der Waals surface area contributed by atoms with Crippen molar-refractivity contribution in [1.29, 1.82) is 0 Å². The molecule has 2 N–H and O–H groups in total. The number of ether oxygens (including phenoxy) is 1. The van der Waals surface area contributed by atoms with E-state index in [0.717, 1.165) is 5.56 Å². The second-order valence-corrected chi connectivity index (χ2v) is 9.59. The molecule has 1 unspecified atom stereocenters. The molecule has 1 aliphatic rings. The van der Waals surface area contributed by atoms with Gasteiger partial charge in [-0.1, -0.05) is 24.2 Å². The first-order valence-electron chi connectivity index (χ1n) is 8.52. The maximum atomic E-state index is 12.9. The Morgan fingerprint density at radius 2 is 2.12 bits per heavy atom. The number of carbonyl (C=O) groups excluding carboxylic acids is 1. The molecule has 1 aromatic carbocycles. The third kappa shape index (κ3) is 4.03. The summed E-state index contributed by atoms with van der Waals surface area (Å²) in [5.41, 5.74) is 1.06. The molecule has 1 atom stereocenters. The minimum absolute atomic E-state index is 0.0584. The van der Waals surface area contributed by atoms with Crippen LogP contribution < -0.4 is 5.32 Å². The van der Waals surface area contributed by atoms with Gasteiger partial charge in [-0.15, -0.1) is 4.31 Å². The van der Waals surface area contributed by atoms with Gasteiger partial charge in [-0.25, -0.2) is 0 Å². The first kappa shape index (κ1) is 20.7. The van der Waals surface area contributed by atoms with Crippen LogP contribution in [-0.4, -0.2) is 50.7 Å². The van der Waals surface area contributed by atoms with Gasteiger partial charge in [0.05, 0.1) is 13.2 Å². The van der Waals surface area contributed by atoms with Crippen molar-refractivity contribution in [2.75, 3.05) is 25.6 Å². The Labute approximate surface area is 157 Å². The van der Waals surface area contributed by atoms with Crippen LogP contribution in [0.5, 0.6) is 0 Å². The lowest BCUT2D eigenvalue weighted by Gasteiger charge is -2.48. The van der Waals surface area contributed by atoms with Crippen LogP contribution in [0.1, 0.15) is 39.7 Å². The summed E-state index contributed by atoms with van der Waals surface area (Å²) in [7, 11) is 1.84. The fourth-order valence-corrected chi connectivity index (χ4v) is 4.11. The van der Waals surface area contributed by atoms with Crippen molar-refractivity contribution in [2.45, 2.75) is 44.4 Å². The summed E-state index contributed by atoms with van der Waals surface area (Å²) >= 11 is -1.21.